The highest BCUT2D eigenvalue weighted by Crippen LogP contribution is 2.47. The highest BCUT2D eigenvalue weighted by atomic mass is 16.3. The summed E-state index contributed by atoms with van der Waals surface area (Å²) in [4.78, 5) is 0. The lowest BCUT2D eigenvalue weighted by molar-refractivity contribution is 0.318. The Kier molecular flexibility index (Phi) is 1.91. The number of phenols is 1. The average molecular weight is 203 g/mol. The predicted molar refractivity (Wildman–Crippen MR) is 61.4 cm³/mol. The molecule has 3 rings (SSSR count). The minimum absolute atomic E-state index is 0.326. The van der Waals surface area contributed by atoms with Crippen molar-refractivity contribution in [3.05, 3.63) is 23.8 Å². The van der Waals surface area contributed by atoms with E-state index < -0.39 is 0 Å². The van der Waals surface area contributed by atoms with E-state index in [0.29, 0.717) is 11.2 Å². The molecule has 0 bridgehead atoms. The molecule has 80 valence electrons. The maximum atomic E-state index is 9.58. The zero-order chi connectivity index (χ0) is 10.3. The van der Waals surface area contributed by atoms with Gasteiger partial charge in [-0.1, -0.05) is 19.3 Å². The Morgan fingerprint density at radius 1 is 1.13 bits per heavy atom. The van der Waals surface area contributed by atoms with E-state index in [1.54, 1.807) is 6.07 Å². The molecular weight excluding hydrogens is 186 g/mol. The van der Waals surface area contributed by atoms with Gasteiger partial charge in [-0.15, -0.1) is 0 Å². The van der Waals surface area contributed by atoms with E-state index in [4.69, 9.17) is 0 Å². The molecule has 0 atom stereocenters. The lowest BCUT2D eigenvalue weighted by Crippen LogP contribution is -2.30. The number of anilines is 1. The van der Waals surface area contributed by atoms with Crippen LogP contribution in [-0.4, -0.2) is 11.7 Å². The van der Waals surface area contributed by atoms with Gasteiger partial charge in [-0.25, -0.2) is 0 Å². The van der Waals surface area contributed by atoms with E-state index in [9.17, 15) is 5.11 Å². The van der Waals surface area contributed by atoms with Gasteiger partial charge >= 0.3 is 0 Å². The summed E-state index contributed by atoms with van der Waals surface area (Å²) in [5, 5.41) is 13.1. The number of hydrogen-bond donors (Lipinski definition) is 2. The second kappa shape index (κ2) is 3.16. The standard InChI is InChI=1S/C13H17NO/c15-10-4-5-12-11(8-10)13(9-14-12)6-2-1-3-7-13/h4-5,8,14-15H,1-3,6-7,9H2. The van der Waals surface area contributed by atoms with Gasteiger partial charge in [0.1, 0.15) is 5.75 Å². The smallest absolute Gasteiger partial charge is 0.116 e. The van der Waals surface area contributed by atoms with Crippen LogP contribution in [0.2, 0.25) is 0 Å². The summed E-state index contributed by atoms with van der Waals surface area (Å²) in [6.45, 7) is 1.06. The quantitative estimate of drug-likeness (QED) is 0.635. The molecule has 0 saturated heterocycles. The van der Waals surface area contributed by atoms with E-state index in [-0.39, 0.29) is 0 Å². The van der Waals surface area contributed by atoms with Gasteiger partial charge in [0.2, 0.25) is 0 Å². The topological polar surface area (TPSA) is 32.3 Å². The van der Waals surface area contributed by atoms with Gasteiger partial charge < -0.3 is 10.4 Å². The van der Waals surface area contributed by atoms with Crippen molar-refractivity contribution in [2.24, 2.45) is 0 Å². The van der Waals surface area contributed by atoms with Crippen LogP contribution in [0.15, 0.2) is 18.2 Å². The van der Waals surface area contributed by atoms with Crippen LogP contribution in [0.25, 0.3) is 0 Å². The van der Waals surface area contributed by atoms with E-state index in [0.717, 1.165) is 6.54 Å². The number of nitrogens with one attached hydrogen (secondary N) is 1. The van der Waals surface area contributed by atoms with Crippen LogP contribution in [0.1, 0.15) is 37.7 Å². The lowest BCUT2D eigenvalue weighted by atomic mass is 9.71. The van der Waals surface area contributed by atoms with E-state index >= 15 is 0 Å². The summed E-state index contributed by atoms with van der Waals surface area (Å²) in [6.07, 6.45) is 6.58. The maximum absolute atomic E-state index is 9.58. The molecule has 1 aliphatic heterocycles. The Morgan fingerprint density at radius 3 is 2.73 bits per heavy atom. The van der Waals surface area contributed by atoms with Gasteiger partial charge in [0, 0.05) is 17.6 Å². The van der Waals surface area contributed by atoms with Gasteiger partial charge in [0.15, 0.2) is 0 Å². The van der Waals surface area contributed by atoms with Gasteiger partial charge in [-0.05, 0) is 36.6 Å². The molecule has 1 saturated carbocycles. The van der Waals surface area contributed by atoms with Crippen molar-refractivity contribution in [1.29, 1.82) is 0 Å². The van der Waals surface area contributed by atoms with Crippen molar-refractivity contribution in [1.82, 2.24) is 0 Å². The second-order valence-corrected chi connectivity index (χ2v) is 4.92. The number of rotatable bonds is 0. The van der Waals surface area contributed by atoms with Gasteiger partial charge in [0.05, 0.1) is 0 Å². The molecule has 0 radical (unpaired) electrons. The molecule has 1 spiro atoms. The normalized spacial score (nSPS) is 22.4. The van der Waals surface area contributed by atoms with Gasteiger partial charge in [-0.3, -0.25) is 0 Å². The van der Waals surface area contributed by atoms with E-state index in [1.807, 2.05) is 12.1 Å². The molecule has 0 aromatic heterocycles. The molecule has 1 aliphatic carbocycles. The minimum atomic E-state index is 0.326. The molecule has 2 N–H and O–H groups in total. The first-order valence-corrected chi connectivity index (χ1v) is 5.88. The fourth-order valence-electron chi connectivity index (χ4n) is 3.16. The molecule has 1 heterocycles. The summed E-state index contributed by atoms with van der Waals surface area (Å²) in [5.41, 5.74) is 2.91. The average Bonchev–Trinajstić information content (AvgIpc) is 2.59. The van der Waals surface area contributed by atoms with Gasteiger partial charge in [-0.2, -0.15) is 0 Å². The minimum Gasteiger partial charge on any atom is -0.508 e. The van der Waals surface area contributed by atoms with Crippen molar-refractivity contribution < 1.29 is 5.11 Å². The Balaban J connectivity index is 2.05. The first-order valence-electron chi connectivity index (χ1n) is 5.88. The third-order valence-electron chi connectivity index (χ3n) is 4.00. The molecule has 2 aliphatic rings. The molecular formula is C13H17NO. The SMILES string of the molecule is Oc1ccc2c(c1)C1(CCCCC1)CN2. The fraction of sp³-hybridized carbons (Fsp3) is 0.538. The van der Waals surface area contributed by atoms with Crippen molar-refractivity contribution in [3.63, 3.8) is 0 Å². The van der Waals surface area contributed by atoms with Crippen molar-refractivity contribution in [2.45, 2.75) is 37.5 Å². The summed E-state index contributed by atoms with van der Waals surface area (Å²) in [6, 6.07) is 5.74. The molecule has 2 nitrogen and oxygen atoms in total. The molecule has 1 fully saturated rings. The molecule has 2 heteroatoms. The molecule has 1 aromatic rings. The van der Waals surface area contributed by atoms with Crippen LogP contribution in [0.4, 0.5) is 5.69 Å². The van der Waals surface area contributed by atoms with Crippen molar-refractivity contribution in [3.8, 4) is 5.75 Å². The van der Waals surface area contributed by atoms with Crippen LogP contribution in [-0.2, 0) is 5.41 Å². The zero-order valence-electron chi connectivity index (χ0n) is 8.92. The van der Waals surface area contributed by atoms with Crippen LogP contribution < -0.4 is 5.32 Å². The van der Waals surface area contributed by atoms with E-state index in [2.05, 4.69) is 5.32 Å². The number of aromatic hydroxyl groups is 1. The van der Waals surface area contributed by atoms with Gasteiger partial charge in [0.25, 0.3) is 0 Å². The number of hydrogen-bond acceptors (Lipinski definition) is 2. The second-order valence-electron chi connectivity index (χ2n) is 4.92. The largest absolute Gasteiger partial charge is 0.508 e. The Morgan fingerprint density at radius 2 is 1.93 bits per heavy atom. The third-order valence-corrected chi connectivity index (χ3v) is 4.00. The predicted octanol–water partition coefficient (Wildman–Crippen LogP) is 3.02. The molecule has 1 aromatic carbocycles. The highest BCUT2D eigenvalue weighted by Gasteiger charge is 2.39. The summed E-state index contributed by atoms with van der Waals surface area (Å²) in [7, 11) is 0. The number of fused-ring (bicyclic) bond motifs is 2. The molecule has 0 amide bonds. The number of phenolic OH excluding ortho intramolecular Hbond substituents is 1. The van der Waals surface area contributed by atoms with Crippen molar-refractivity contribution >= 4 is 5.69 Å². The Labute approximate surface area is 90.3 Å². The lowest BCUT2D eigenvalue weighted by Gasteiger charge is -2.33. The van der Waals surface area contributed by atoms with Crippen LogP contribution >= 0.6 is 0 Å². The van der Waals surface area contributed by atoms with E-state index in [1.165, 1.54) is 43.4 Å². The molecule has 0 unspecified atom stereocenters. The van der Waals surface area contributed by atoms with Crippen LogP contribution in [0.5, 0.6) is 5.75 Å². The Bertz CT molecular complexity index is 375. The fourth-order valence-corrected chi connectivity index (χ4v) is 3.16. The van der Waals surface area contributed by atoms with Crippen LogP contribution in [0.3, 0.4) is 0 Å². The van der Waals surface area contributed by atoms with Crippen molar-refractivity contribution in [2.75, 3.05) is 11.9 Å². The summed E-state index contributed by atoms with van der Waals surface area (Å²) >= 11 is 0. The first-order chi connectivity index (χ1) is 7.30. The highest BCUT2D eigenvalue weighted by molar-refractivity contribution is 5.62. The maximum Gasteiger partial charge on any atom is 0.116 e. The zero-order valence-corrected chi connectivity index (χ0v) is 8.92. The summed E-state index contributed by atoms with van der Waals surface area (Å²) < 4.78 is 0. The monoisotopic (exact) mass is 203 g/mol. The molecule has 15 heavy (non-hydrogen) atoms. The first kappa shape index (κ1) is 9.08. The summed E-state index contributed by atoms with van der Waals surface area (Å²) in [5.74, 6) is 0.405. The number of benzene rings is 1. The Hall–Kier alpha value is -1.18. The third kappa shape index (κ3) is 1.31. The van der Waals surface area contributed by atoms with Crippen LogP contribution in [0, 0.1) is 0 Å².